The van der Waals surface area contributed by atoms with Crippen LogP contribution < -0.4 is 5.73 Å². The van der Waals surface area contributed by atoms with Crippen LogP contribution >= 0.6 is 0 Å². The fourth-order valence-electron chi connectivity index (χ4n) is 3.44. The quantitative estimate of drug-likeness (QED) is 0.825. The third kappa shape index (κ3) is 3.43. The minimum atomic E-state index is -0.0975. The van der Waals surface area contributed by atoms with Crippen LogP contribution in [-0.4, -0.2) is 31.5 Å². The van der Waals surface area contributed by atoms with Gasteiger partial charge in [0.05, 0.1) is 11.7 Å². The summed E-state index contributed by atoms with van der Waals surface area (Å²) in [6.07, 6.45) is 6.08. The average molecular weight is 241 g/mol. The van der Waals surface area contributed by atoms with Crippen molar-refractivity contribution >= 4 is 0 Å². The maximum atomic E-state index is 6.40. The van der Waals surface area contributed by atoms with Crippen molar-refractivity contribution in [2.24, 2.45) is 17.6 Å². The van der Waals surface area contributed by atoms with Crippen LogP contribution in [0.5, 0.6) is 0 Å². The van der Waals surface area contributed by atoms with Gasteiger partial charge in [0.15, 0.2) is 0 Å². The molecule has 17 heavy (non-hydrogen) atoms. The molecule has 3 heteroatoms. The standard InChI is InChI=1S/C14H27NO2/c1-11-7-12(2)9-13(8-11)17-14(10-15)3-5-16-6-4-14/h11-13H,3-10,15H2,1-2H3. The molecule has 1 saturated carbocycles. The molecule has 2 N–H and O–H groups in total. The number of hydrogen-bond acceptors (Lipinski definition) is 3. The summed E-state index contributed by atoms with van der Waals surface area (Å²) in [7, 11) is 0. The van der Waals surface area contributed by atoms with E-state index in [0.29, 0.717) is 12.6 Å². The fraction of sp³-hybridized carbons (Fsp3) is 1.00. The molecule has 0 spiro atoms. The lowest BCUT2D eigenvalue weighted by Gasteiger charge is -2.42. The molecule has 1 aliphatic heterocycles. The monoisotopic (exact) mass is 241 g/mol. The molecule has 0 aromatic rings. The lowest BCUT2D eigenvalue weighted by Crippen LogP contribution is -2.48. The Morgan fingerprint density at radius 3 is 2.24 bits per heavy atom. The molecule has 0 bridgehead atoms. The highest BCUT2D eigenvalue weighted by Crippen LogP contribution is 2.35. The highest BCUT2D eigenvalue weighted by molar-refractivity contribution is 4.87. The van der Waals surface area contributed by atoms with Crippen molar-refractivity contribution in [3.8, 4) is 0 Å². The van der Waals surface area contributed by atoms with Gasteiger partial charge in [-0.3, -0.25) is 0 Å². The number of rotatable bonds is 3. The molecule has 0 aromatic carbocycles. The minimum Gasteiger partial charge on any atom is -0.381 e. The first-order chi connectivity index (χ1) is 8.13. The molecule has 3 nitrogen and oxygen atoms in total. The van der Waals surface area contributed by atoms with Gasteiger partial charge >= 0.3 is 0 Å². The van der Waals surface area contributed by atoms with Crippen molar-refractivity contribution in [1.82, 2.24) is 0 Å². The van der Waals surface area contributed by atoms with Gasteiger partial charge in [0.2, 0.25) is 0 Å². The zero-order valence-corrected chi connectivity index (χ0v) is 11.3. The summed E-state index contributed by atoms with van der Waals surface area (Å²) in [6.45, 7) is 6.91. The predicted octanol–water partition coefficient (Wildman–Crippen LogP) is 2.34. The lowest BCUT2D eigenvalue weighted by atomic mass is 9.81. The van der Waals surface area contributed by atoms with Gasteiger partial charge in [0, 0.05) is 32.6 Å². The van der Waals surface area contributed by atoms with Crippen molar-refractivity contribution in [2.45, 2.75) is 57.7 Å². The topological polar surface area (TPSA) is 44.5 Å². The van der Waals surface area contributed by atoms with Crippen LogP contribution in [0.25, 0.3) is 0 Å². The Hall–Kier alpha value is -0.120. The summed E-state index contributed by atoms with van der Waals surface area (Å²) in [4.78, 5) is 0. The van der Waals surface area contributed by atoms with E-state index in [9.17, 15) is 0 Å². The van der Waals surface area contributed by atoms with Crippen molar-refractivity contribution in [3.63, 3.8) is 0 Å². The Kier molecular flexibility index (Phi) is 4.45. The maximum absolute atomic E-state index is 6.40. The van der Waals surface area contributed by atoms with Gasteiger partial charge in [-0.1, -0.05) is 13.8 Å². The SMILES string of the molecule is CC1CC(C)CC(OC2(CN)CCOCC2)C1. The van der Waals surface area contributed by atoms with E-state index in [1.807, 2.05) is 0 Å². The second-order valence-electron chi connectivity index (χ2n) is 6.16. The molecule has 1 aliphatic carbocycles. The van der Waals surface area contributed by atoms with Crippen LogP contribution in [0.15, 0.2) is 0 Å². The predicted molar refractivity (Wildman–Crippen MR) is 68.9 cm³/mol. The van der Waals surface area contributed by atoms with Crippen LogP contribution in [-0.2, 0) is 9.47 Å². The summed E-state index contributed by atoms with van der Waals surface area (Å²) in [6, 6.07) is 0. The normalized spacial score (nSPS) is 37.9. The molecular weight excluding hydrogens is 214 g/mol. The summed E-state index contributed by atoms with van der Waals surface area (Å²) in [5, 5.41) is 0. The van der Waals surface area contributed by atoms with Crippen molar-refractivity contribution in [2.75, 3.05) is 19.8 Å². The first-order valence-corrected chi connectivity index (χ1v) is 7.09. The molecule has 0 aromatic heterocycles. The molecule has 2 fully saturated rings. The lowest BCUT2D eigenvalue weighted by molar-refractivity contribution is -0.152. The molecule has 2 unspecified atom stereocenters. The van der Waals surface area contributed by atoms with E-state index in [2.05, 4.69) is 13.8 Å². The molecule has 2 rings (SSSR count). The van der Waals surface area contributed by atoms with E-state index >= 15 is 0 Å². The molecule has 1 heterocycles. The van der Waals surface area contributed by atoms with E-state index < -0.39 is 0 Å². The highest BCUT2D eigenvalue weighted by Gasteiger charge is 2.36. The van der Waals surface area contributed by atoms with Crippen LogP contribution in [0.3, 0.4) is 0 Å². The third-order valence-electron chi connectivity index (χ3n) is 4.33. The van der Waals surface area contributed by atoms with Gasteiger partial charge in [-0.15, -0.1) is 0 Å². The molecule has 0 amide bonds. The smallest absolute Gasteiger partial charge is 0.0851 e. The second-order valence-corrected chi connectivity index (χ2v) is 6.16. The van der Waals surface area contributed by atoms with Crippen LogP contribution in [0.2, 0.25) is 0 Å². The van der Waals surface area contributed by atoms with E-state index in [0.717, 1.165) is 37.9 Å². The minimum absolute atomic E-state index is 0.0975. The first kappa shape index (κ1) is 13.3. The molecule has 1 saturated heterocycles. The summed E-state index contributed by atoms with van der Waals surface area (Å²) < 4.78 is 11.8. The Labute approximate surface area is 105 Å². The largest absolute Gasteiger partial charge is 0.381 e. The number of hydrogen-bond donors (Lipinski definition) is 1. The molecule has 2 atom stereocenters. The Morgan fingerprint density at radius 1 is 1.12 bits per heavy atom. The van der Waals surface area contributed by atoms with Gasteiger partial charge in [-0.05, 0) is 31.1 Å². The average Bonchev–Trinajstić information content (AvgIpc) is 2.29. The molecular formula is C14H27NO2. The molecule has 100 valence electrons. The zero-order valence-electron chi connectivity index (χ0n) is 11.3. The summed E-state index contributed by atoms with van der Waals surface area (Å²) >= 11 is 0. The van der Waals surface area contributed by atoms with Crippen molar-refractivity contribution in [3.05, 3.63) is 0 Å². The number of ether oxygens (including phenoxy) is 2. The van der Waals surface area contributed by atoms with Gasteiger partial charge in [-0.25, -0.2) is 0 Å². The molecule has 0 radical (unpaired) electrons. The van der Waals surface area contributed by atoms with Crippen LogP contribution in [0, 0.1) is 11.8 Å². The first-order valence-electron chi connectivity index (χ1n) is 7.09. The van der Waals surface area contributed by atoms with Crippen molar-refractivity contribution in [1.29, 1.82) is 0 Å². The van der Waals surface area contributed by atoms with E-state index in [1.165, 1.54) is 19.3 Å². The van der Waals surface area contributed by atoms with E-state index in [1.54, 1.807) is 0 Å². The van der Waals surface area contributed by atoms with E-state index in [-0.39, 0.29) is 5.60 Å². The zero-order chi connectivity index (χ0) is 12.3. The van der Waals surface area contributed by atoms with Crippen LogP contribution in [0.1, 0.15) is 46.0 Å². The Bertz CT molecular complexity index is 228. The van der Waals surface area contributed by atoms with E-state index in [4.69, 9.17) is 15.2 Å². The second kappa shape index (κ2) is 5.68. The third-order valence-corrected chi connectivity index (χ3v) is 4.33. The maximum Gasteiger partial charge on any atom is 0.0851 e. The van der Waals surface area contributed by atoms with Gasteiger partial charge < -0.3 is 15.2 Å². The summed E-state index contributed by atoms with van der Waals surface area (Å²) in [5.74, 6) is 1.58. The van der Waals surface area contributed by atoms with Crippen molar-refractivity contribution < 1.29 is 9.47 Å². The van der Waals surface area contributed by atoms with Crippen LogP contribution in [0.4, 0.5) is 0 Å². The fourth-order valence-corrected chi connectivity index (χ4v) is 3.44. The van der Waals surface area contributed by atoms with Gasteiger partial charge in [-0.2, -0.15) is 0 Å². The summed E-state index contributed by atoms with van der Waals surface area (Å²) in [5.41, 5.74) is 5.85. The van der Waals surface area contributed by atoms with Gasteiger partial charge in [0.1, 0.15) is 0 Å². The Morgan fingerprint density at radius 2 is 1.71 bits per heavy atom. The highest BCUT2D eigenvalue weighted by atomic mass is 16.5. The Balaban J connectivity index is 1.93. The number of nitrogens with two attached hydrogens (primary N) is 1. The van der Waals surface area contributed by atoms with Gasteiger partial charge in [0.25, 0.3) is 0 Å². The molecule has 2 aliphatic rings.